The highest BCUT2D eigenvalue weighted by Crippen LogP contribution is 2.24. The zero-order chi connectivity index (χ0) is 21.3. The van der Waals surface area contributed by atoms with Crippen LogP contribution in [0.4, 0.5) is 20.3 Å². The van der Waals surface area contributed by atoms with Crippen molar-refractivity contribution in [1.29, 1.82) is 0 Å². The van der Waals surface area contributed by atoms with Crippen LogP contribution in [-0.4, -0.2) is 39.0 Å². The second kappa shape index (κ2) is 8.17. The van der Waals surface area contributed by atoms with Gasteiger partial charge in [-0.15, -0.1) is 10.2 Å². The van der Waals surface area contributed by atoms with E-state index in [1.54, 1.807) is 4.68 Å². The van der Waals surface area contributed by atoms with Gasteiger partial charge in [-0.2, -0.15) is 5.10 Å². The number of halogens is 2. The molecule has 30 heavy (non-hydrogen) atoms. The minimum Gasteiger partial charge on any atom is -0.355 e. The molecule has 0 aliphatic carbocycles. The van der Waals surface area contributed by atoms with Crippen LogP contribution in [0.15, 0.2) is 36.4 Å². The number of aryl methyl sites for hydroxylation is 2. The Bertz CT molecular complexity index is 1060. The van der Waals surface area contributed by atoms with Crippen molar-refractivity contribution in [3.63, 3.8) is 0 Å². The summed E-state index contributed by atoms with van der Waals surface area (Å²) in [5, 5.41) is 15.6. The average molecular weight is 412 g/mol. The van der Waals surface area contributed by atoms with Crippen LogP contribution in [0.1, 0.15) is 24.2 Å². The predicted octanol–water partition coefficient (Wildman–Crippen LogP) is 3.41. The largest absolute Gasteiger partial charge is 0.355 e. The summed E-state index contributed by atoms with van der Waals surface area (Å²) in [6, 6.07) is 8.86. The van der Waals surface area contributed by atoms with Gasteiger partial charge in [0.2, 0.25) is 5.91 Å². The van der Waals surface area contributed by atoms with Gasteiger partial charge in [0.1, 0.15) is 11.6 Å². The molecule has 1 amide bonds. The fraction of sp³-hybridized carbons (Fsp3) is 0.333. The summed E-state index contributed by atoms with van der Waals surface area (Å²) in [5.74, 6) is -0.565. The van der Waals surface area contributed by atoms with Crippen LogP contribution in [0.2, 0.25) is 0 Å². The van der Waals surface area contributed by atoms with E-state index >= 15 is 0 Å². The van der Waals surface area contributed by atoms with Gasteiger partial charge in [-0.25, -0.2) is 13.5 Å². The Labute approximate surface area is 172 Å². The van der Waals surface area contributed by atoms with Crippen LogP contribution in [-0.2, 0) is 4.79 Å². The van der Waals surface area contributed by atoms with Gasteiger partial charge < -0.3 is 10.2 Å². The standard InChI is InChI=1S/C21H22F2N6O/c1-13-11-14(2)29(27-13)20-6-5-19(25-26-20)28-9-7-15(8-10-28)21(30)24-18-4-3-16(22)12-17(18)23/h3-6,11-12,15H,7-10H2,1-2H3,(H,24,30). The van der Waals surface area contributed by atoms with Gasteiger partial charge in [-0.1, -0.05) is 0 Å². The van der Waals surface area contributed by atoms with Crippen molar-refractivity contribution in [3.05, 3.63) is 59.4 Å². The first-order valence-corrected chi connectivity index (χ1v) is 9.79. The Hall–Kier alpha value is -3.36. The second-order valence-electron chi connectivity index (χ2n) is 7.46. The molecule has 9 heteroatoms. The fourth-order valence-electron chi connectivity index (χ4n) is 3.66. The summed E-state index contributed by atoms with van der Waals surface area (Å²) in [6.45, 7) is 5.16. The lowest BCUT2D eigenvalue weighted by Gasteiger charge is -2.31. The minimum absolute atomic E-state index is 0.00515. The molecule has 1 aliphatic rings. The number of nitrogens with one attached hydrogen (secondary N) is 1. The van der Waals surface area contributed by atoms with Crippen LogP contribution < -0.4 is 10.2 Å². The maximum Gasteiger partial charge on any atom is 0.227 e. The molecule has 1 saturated heterocycles. The first kappa shape index (κ1) is 19.9. The molecule has 1 aliphatic heterocycles. The van der Waals surface area contributed by atoms with E-state index in [0.717, 1.165) is 29.3 Å². The molecule has 0 bridgehead atoms. The molecule has 3 aromatic rings. The van der Waals surface area contributed by atoms with Gasteiger partial charge in [-0.05, 0) is 57.0 Å². The molecular formula is C21H22F2N6O. The van der Waals surface area contributed by atoms with Gasteiger partial charge in [0.25, 0.3) is 0 Å². The van der Waals surface area contributed by atoms with E-state index in [1.165, 1.54) is 6.07 Å². The van der Waals surface area contributed by atoms with Crippen molar-refractivity contribution >= 4 is 17.4 Å². The Morgan fingerprint density at radius 3 is 2.33 bits per heavy atom. The van der Waals surface area contributed by atoms with Crippen LogP contribution in [0.5, 0.6) is 0 Å². The Morgan fingerprint density at radius 1 is 1.03 bits per heavy atom. The van der Waals surface area contributed by atoms with E-state index < -0.39 is 11.6 Å². The number of amides is 1. The van der Waals surface area contributed by atoms with Crippen molar-refractivity contribution in [2.45, 2.75) is 26.7 Å². The zero-order valence-corrected chi connectivity index (χ0v) is 16.8. The lowest BCUT2D eigenvalue weighted by molar-refractivity contribution is -0.120. The lowest BCUT2D eigenvalue weighted by Crippen LogP contribution is -2.38. The monoisotopic (exact) mass is 412 g/mol. The molecule has 0 radical (unpaired) electrons. The molecule has 156 valence electrons. The topological polar surface area (TPSA) is 75.9 Å². The van der Waals surface area contributed by atoms with E-state index in [4.69, 9.17) is 0 Å². The number of benzene rings is 1. The lowest BCUT2D eigenvalue weighted by atomic mass is 9.96. The highest BCUT2D eigenvalue weighted by Gasteiger charge is 2.26. The smallest absolute Gasteiger partial charge is 0.227 e. The highest BCUT2D eigenvalue weighted by molar-refractivity contribution is 5.92. The van der Waals surface area contributed by atoms with Gasteiger partial charge in [0.05, 0.1) is 11.4 Å². The van der Waals surface area contributed by atoms with Gasteiger partial charge in [0.15, 0.2) is 11.6 Å². The third-order valence-electron chi connectivity index (χ3n) is 5.24. The van der Waals surface area contributed by atoms with Crippen molar-refractivity contribution in [2.75, 3.05) is 23.3 Å². The average Bonchev–Trinajstić information content (AvgIpc) is 3.08. The molecule has 1 N–H and O–H groups in total. The van der Waals surface area contributed by atoms with Crippen LogP contribution in [0.3, 0.4) is 0 Å². The van der Waals surface area contributed by atoms with Crippen LogP contribution in [0, 0.1) is 31.4 Å². The van der Waals surface area contributed by atoms with Crippen LogP contribution in [0.25, 0.3) is 5.82 Å². The number of carbonyl (C=O) groups excluding carboxylic acids is 1. The molecular weight excluding hydrogens is 390 g/mol. The van der Waals surface area contributed by atoms with E-state index in [-0.39, 0.29) is 17.5 Å². The van der Waals surface area contributed by atoms with E-state index in [9.17, 15) is 13.6 Å². The number of hydrogen-bond donors (Lipinski definition) is 1. The van der Waals surface area contributed by atoms with E-state index in [2.05, 4.69) is 25.5 Å². The molecule has 0 saturated carbocycles. The summed E-state index contributed by atoms with van der Waals surface area (Å²) in [7, 11) is 0. The Balaban J connectivity index is 1.36. The highest BCUT2D eigenvalue weighted by atomic mass is 19.1. The predicted molar refractivity (Wildman–Crippen MR) is 109 cm³/mol. The Morgan fingerprint density at radius 2 is 1.73 bits per heavy atom. The molecule has 2 aromatic heterocycles. The third kappa shape index (κ3) is 4.14. The maximum absolute atomic E-state index is 13.8. The van der Waals surface area contributed by atoms with Crippen molar-refractivity contribution in [3.8, 4) is 5.82 Å². The minimum atomic E-state index is -0.779. The van der Waals surface area contributed by atoms with E-state index in [1.807, 2.05) is 32.0 Å². The molecule has 1 aromatic carbocycles. The maximum atomic E-state index is 13.8. The fourth-order valence-corrected chi connectivity index (χ4v) is 3.66. The summed E-state index contributed by atoms with van der Waals surface area (Å²) in [4.78, 5) is 14.5. The zero-order valence-electron chi connectivity index (χ0n) is 16.8. The first-order chi connectivity index (χ1) is 14.4. The Kier molecular flexibility index (Phi) is 5.43. The summed E-state index contributed by atoms with van der Waals surface area (Å²) in [6.07, 6.45) is 1.21. The number of aromatic nitrogens is 4. The van der Waals surface area contributed by atoms with Gasteiger partial charge in [-0.3, -0.25) is 4.79 Å². The SMILES string of the molecule is Cc1cc(C)n(-c2ccc(N3CCC(C(=O)Nc4ccc(F)cc4F)CC3)nn2)n1. The molecule has 0 unspecified atom stereocenters. The summed E-state index contributed by atoms with van der Waals surface area (Å²) in [5.41, 5.74) is 1.90. The number of anilines is 2. The van der Waals surface area contributed by atoms with Gasteiger partial charge in [0, 0.05) is 30.8 Å². The molecule has 1 fully saturated rings. The molecule has 3 heterocycles. The van der Waals surface area contributed by atoms with Crippen molar-refractivity contribution in [2.24, 2.45) is 5.92 Å². The first-order valence-electron chi connectivity index (χ1n) is 9.79. The number of rotatable bonds is 4. The molecule has 0 atom stereocenters. The van der Waals surface area contributed by atoms with E-state index in [0.29, 0.717) is 31.7 Å². The second-order valence-corrected chi connectivity index (χ2v) is 7.46. The quantitative estimate of drug-likeness (QED) is 0.711. The van der Waals surface area contributed by atoms with Gasteiger partial charge >= 0.3 is 0 Å². The number of hydrogen-bond acceptors (Lipinski definition) is 5. The number of piperidine rings is 1. The molecule has 0 spiro atoms. The summed E-state index contributed by atoms with van der Waals surface area (Å²) >= 11 is 0. The van der Waals surface area contributed by atoms with Crippen molar-refractivity contribution < 1.29 is 13.6 Å². The normalized spacial score (nSPS) is 14.7. The number of carbonyl (C=O) groups is 1. The molecule has 7 nitrogen and oxygen atoms in total. The van der Waals surface area contributed by atoms with Crippen LogP contribution >= 0.6 is 0 Å². The third-order valence-corrected chi connectivity index (χ3v) is 5.24. The summed E-state index contributed by atoms with van der Waals surface area (Å²) < 4.78 is 28.5. The number of nitrogens with zero attached hydrogens (tertiary/aromatic N) is 5. The van der Waals surface area contributed by atoms with Crippen molar-refractivity contribution in [1.82, 2.24) is 20.0 Å². The molecule has 4 rings (SSSR count).